The number of fused-ring (bicyclic) bond motifs is 1. The largest absolute Gasteiger partial charge is 0.356 e. The minimum Gasteiger partial charge on any atom is -0.356 e. The number of nitrogens with zero attached hydrogens (tertiary/aromatic N) is 2. The zero-order valence-corrected chi connectivity index (χ0v) is 8.38. The van der Waals surface area contributed by atoms with Crippen LogP contribution in [-0.4, -0.2) is 16.1 Å². The Kier molecular flexibility index (Phi) is 2.25. The summed E-state index contributed by atoms with van der Waals surface area (Å²) < 4.78 is 2.23. The molecule has 0 saturated carbocycles. The van der Waals surface area contributed by atoms with Crippen molar-refractivity contribution >= 4 is 5.95 Å². The molecule has 0 bridgehead atoms. The molecule has 0 fully saturated rings. The first-order valence-corrected chi connectivity index (χ1v) is 5.12. The minimum absolute atomic E-state index is 0.583. The predicted molar refractivity (Wildman–Crippen MR) is 54.0 cm³/mol. The first-order chi connectivity index (χ1) is 6.31. The van der Waals surface area contributed by atoms with Crippen LogP contribution in [0.5, 0.6) is 0 Å². The highest BCUT2D eigenvalue weighted by Crippen LogP contribution is 2.21. The van der Waals surface area contributed by atoms with Crippen molar-refractivity contribution in [2.24, 2.45) is 0 Å². The zero-order chi connectivity index (χ0) is 9.26. The van der Waals surface area contributed by atoms with Gasteiger partial charge < -0.3 is 9.88 Å². The summed E-state index contributed by atoms with van der Waals surface area (Å²) >= 11 is 0. The molecule has 1 aliphatic rings. The van der Waals surface area contributed by atoms with Crippen molar-refractivity contribution in [2.75, 3.05) is 11.9 Å². The van der Waals surface area contributed by atoms with Crippen LogP contribution in [0.15, 0.2) is 6.20 Å². The lowest BCUT2D eigenvalue weighted by Crippen LogP contribution is -2.16. The van der Waals surface area contributed by atoms with E-state index in [4.69, 9.17) is 0 Å². The standard InChI is InChI=1S/C10H17N3/c1-3-8(2)9-7-13-6-4-5-11-10(13)12-9/h7-8H,3-6H2,1-2H3,(H,11,12). The van der Waals surface area contributed by atoms with Crippen LogP contribution in [0.25, 0.3) is 0 Å². The maximum Gasteiger partial charge on any atom is 0.203 e. The fourth-order valence-electron chi connectivity index (χ4n) is 1.64. The van der Waals surface area contributed by atoms with Crippen LogP contribution >= 0.6 is 0 Å². The van der Waals surface area contributed by atoms with E-state index in [1.54, 1.807) is 0 Å². The van der Waals surface area contributed by atoms with Gasteiger partial charge in [0.2, 0.25) is 5.95 Å². The maximum absolute atomic E-state index is 4.57. The summed E-state index contributed by atoms with van der Waals surface area (Å²) in [4.78, 5) is 4.57. The van der Waals surface area contributed by atoms with Crippen molar-refractivity contribution in [1.29, 1.82) is 0 Å². The highest BCUT2D eigenvalue weighted by atomic mass is 15.2. The summed E-state index contributed by atoms with van der Waals surface area (Å²) in [5.41, 5.74) is 1.23. The summed E-state index contributed by atoms with van der Waals surface area (Å²) in [7, 11) is 0. The normalized spacial score (nSPS) is 17.7. The van der Waals surface area contributed by atoms with Gasteiger partial charge in [0.1, 0.15) is 0 Å². The van der Waals surface area contributed by atoms with E-state index in [2.05, 4.69) is 34.9 Å². The molecule has 2 rings (SSSR count). The van der Waals surface area contributed by atoms with Gasteiger partial charge in [-0.1, -0.05) is 13.8 Å². The van der Waals surface area contributed by atoms with Gasteiger partial charge in [-0.15, -0.1) is 0 Å². The molecule has 2 heterocycles. The summed E-state index contributed by atoms with van der Waals surface area (Å²) in [6, 6.07) is 0. The average molecular weight is 179 g/mol. The van der Waals surface area contributed by atoms with Crippen LogP contribution in [0, 0.1) is 0 Å². The molecule has 0 amide bonds. The number of hydrogen-bond donors (Lipinski definition) is 1. The molecule has 0 spiro atoms. The van der Waals surface area contributed by atoms with Gasteiger partial charge in [-0.05, 0) is 18.8 Å². The molecule has 0 aromatic carbocycles. The first-order valence-electron chi connectivity index (χ1n) is 5.12. The molecule has 1 aromatic rings. The summed E-state index contributed by atoms with van der Waals surface area (Å²) in [5.74, 6) is 1.64. The Balaban J connectivity index is 2.25. The van der Waals surface area contributed by atoms with Gasteiger partial charge in [0.15, 0.2) is 0 Å². The number of aryl methyl sites for hydroxylation is 1. The van der Waals surface area contributed by atoms with Crippen LogP contribution in [0.3, 0.4) is 0 Å². The molecule has 72 valence electrons. The Morgan fingerprint density at radius 2 is 2.54 bits per heavy atom. The van der Waals surface area contributed by atoms with Gasteiger partial charge in [-0.3, -0.25) is 0 Å². The smallest absolute Gasteiger partial charge is 0.203 e. The topological polar surface area (TPSA) is 29.9 Å². The Morgan fingerprint density at radius 3 is 3.23 bits per heavy atom. The van der Waals surface area contributed by atoms with Crippen LogP contribution in [0.2, 0.25) is 0 Å². The molecule has 1 atom stereocenters. The molecule has 0 saturated heterocycles. The fraction of sp³-hybridized carbons (Fsp3) is 0.700. The van der Waals surface area contributed by atoms with Crippen molar-refractivity contribution in [2.45, 2.75) is 39.2 Å². The molecule has 1 aromatic heterocycles. The fourth-order valence-corrected chi connectivity index (χ4v) is 1.64. The maximum atomic E-state index is 4.57. The molecule has 0 aliphatic carbocycles. The third kappa shape index (κ3) is 1.55. The van der Waals surface area contributed by atoms with E-state index in [9.17, 15) is 0 Å². The monoisotopic (exact) mass is 179 g/mol. The van der Waals surface area contributed by atoms with Crippen molar-refractivity contribution in [1.82, 2.24) is 9.55 Å². The Hall–Kier alpha value is -0.990. The number of aromatic nitrogens is 2. The third-order valence-corrected chi connectivity index (χ3v) is 2.77. The van der Waals surface area contributed by atoms with E-state index in [1.165, 1.54) is 12.1 Å². The molecule has 0 radical (unpaired) electrons. The van der Waals surface area contributed by atoms with Gasteiger partial charge in [0.25, 0.3) is 0 Å². The van der Waals surface area contributed by atoms with Crippen molar-refractivity contribution in [3.05, 3.63) is 11.9 Å². The highest BCUT2D eigenvalue weighted by molar-refractivity contribution is 5.31. The van der Waals surface area contributed by atoms with Gasteiger partial charge >= 0.3 is 0 Å². The van der Waals surface area contributed by atoms with E-state index in [0.717, 1.165) is 25.5 Å². The molecule has 13 heavy (non-hydrogen) atoms. The number of anilines is 1. The predicted octanol–water partition coefficient (Wildman–Crippen LogP) is 2.21. The highest BCUT2D eigenvalue weighted by Gasteiger charge is 2.14. The lowest BCUT2D eigenvalue weighted by Gasteiger charge is -2.14. The van der Waals surface area contributed by atoms with Crippen molar-refractivity contribution in [3.8, 4) is 0 Å². The SMILES string of the molecule is CCC(C)c1cn2c(n1)NCCC2. The number of imidazole rings is 1. The van der Waals surface area contributed by atoms with Gasteiger partial charge in [0.05, 0.1) is 5.69 Å². The molecule has 3 nitrogen and oxygen atoms in total. The van der Waals surface area contributed by atoms with E-state index >= 15 is 0 Å². The molecular weight excluding hydrogens is 162 g/mol. The number of nitrogens with one attached hydrogen (secondary N) is 1. The lowest BCUT2D eigenvalue weighted by molar-refractivity contribution is 0.626. The number of hydrogen-bond acceptors (Lipinski definition) is 2. The van der Waals surface area contributed by atoms with Crippen LogP contribution < -0.4 is 5.32 Å². The quantitative estimate of drug-likeness (QED) is 0.754. The average Bonchev–Trinajstić information content (AvgIpc) is 2.59. The first kappa shape index (κ1) is 8.60. The Bertz CT molecular complexity index is 267. The van der Waals surface area contributed by atoms with E-state index in [1.807, 2.05) is 0 Å². The summed E-state index contributed by atoms with van der Waals surface area (Å²) in [5, 5.41) is 3.31. The molecule has 3 heteroatoms. The number of rotatable bonds is 2. The Labute approximate surface area is 79.2 Å². The second kappa shape index (κ2) is 3.40. The zero-order valence-electron chi connectivity index (χ0n) is 8.38. The molecule has 1 N–H and O–H groups in total. The van der Waals surface area contributed by atoms with Crippen molar-refractivity contribution in [3.63, 3.8) is 0 Å². The van der Waals surface area contributed by atoms with Gasteiger partial charge in [-0.2, -0.15) is 0 Å². The van der Waals surface area contributed by atoms with Gasteiger partial charge in [0, 0.05) is 19.3 Å². The van der Waals surface area contributed by atoms with E-state index < -0.39 is 0 Å². The summed E-state index contributed by atoms with van der Waals surface area (Å²) in [6.07, 6.45) is 4.56. The second-order valence-corrected chi connectivity index (χ2v) is 3.77. The van der Waals surface area contributed by atoms with Crippen LogP contribution in [0.1, 0.15) is 38.3 Å². The molecule has 1 unspecified atom stereocenters. The van der Waals surface area contributed by atoms with Crippen LogP contribution in [-0.2, 0) is 6.54 Å². The molecular formula is C10H17N3. The minimum atomic E-state index is 0.583. The van der Waals surface area contributed by atoms with E-state index in [-0.39, 0.29) is 0 Å². The van der Waals surface area contributed by atoms with Crippen LogP contribution in [0.4, 0.5) is 5.95 Å². The summed E-state index contributed by atoms with van der Waals surface area (Å²) in [6.45, 7) is 6.62. The lowest BCUT2D eigenvalue weighted by atomic mass is 10.1. The Morgan fingerprint density at radius 1 is 1.69 bits per heavy atom. The molecule has 1 aliphatic heterocycles. The van der Waals surface area contributed by atoms with Gasteiger partial charge in [-0.25, -0.2) is 4.98 Å². The van der Waals surface area contributed by atoms with E-state index in [0.29, 0.717) is 5.92 Å². The van der Waals surface area contributed by atoms with Crippen molar-refractivity contribution < 1.29 is 0 Å². The third-order valence-electron chi connectivity index (χ3n) is 2.77. The second-order valence-electron chi connectivity index (χ2n) is 3.77.